The van der Waals surface area contributed by atoms with Gasteiger partial charge in [0, 0.05) is 18.3 Å². The van der Waals surface area contributed by atoms with E-state index in [0.29, 0.717) is 16.9 Å². The topological polar surface area (TPSA) is 91.8 Å². The van der Waals surface area contributed by atoms with E-state index in [1.165, 1.54) is 6.20 Å². The molecule has 1 aliphatic rings. The highest BCUT2D eigenvalue weighted by Gasteiger charge is 2.35. The third kappa shape index (κ3) is 6.22. The van der Waals surface area contributed by atoms with Crippen molar-refractivity contribution < 1.29 is 27.4 Å². The molecule has 0 amide bonds. The number of benzene rings is 1. The smallest absolute Gasteiger partial charge is 0.397 e. The summed E-state index contributed by atoms with van der Waals surface area (Å²) in [5.41, 5.74) is -0.411. The molecule has 0 aliphatic carbocycles. The molecule has 0 radical (unpaired) electrons. The van der Waals surface area contributed by atoms with E-state index >= 15 is 4.39 Å². The Kier molecular flexibility index (Phi) is 8.41. The Balaban J connectivity index is 1.73. The fraction of sp³-hybridized carbons (Fsp3) is 0.520. The lowest BCUT2D eigenvalue weighted by Gasteiger charge is -2.33. The number of terminal acetylenes is 1. The van der Waals surface area contributed by atoms with Crippen LogP contribution in [0.1, 0.15) is 70.2 Å². The van der Waals surface area contributed by atoms with Gasteiger partial charge in [0.2, 0.25) is 0 Å². The molecule has 0 fully saturated rings. The SMILES string of the molecule is C#Cc1cn(CCC(COP2OCc3c(F)c(C(C)(C)C)cc(C(C)(C)C)c3O2)OF)c(=O)[nH]c1=O. The molecule has 1 aliphatic heterocycles. The summed E-state index contributed by atoms with van der Waals surface area (Å²) in [4.78, 5) is 29.6. The molecule has 0 saturated carbocycles. The van der Waals surface area contributed by atoms with E-state index in [4.69, 9.17) is 20.0 Å². The number of halogens is 2. The van der Waals surface area contributed by atoms with Gasteiger partial charge in [-0.1, -0.05) is 47.5 Å². The molecule has 2 unspecified atom stereocenters. The predicted molar refractivity (Wildman–Crippen MR) is 132 cm³/mol. The van der Waals surface area contributed by atoms with Gasteiger partial charge in [-0.2, -0.15) is 4.94 Å². The van der Waals surface area contributed by atoms with Crippen LogP contribution < -0.4 is 15.8 Å². The Morgan fingerprint density at radius 3 is 2.47 bits per heavy atom. The van der Waals surface area contributed by atoms with Crippen molar-refractivity contribution in [3.05, 3.63) is 61.2 Å². The van der Waals surface area contributed by atoms with Crippen LogP contribution in [-0.2, 0) is 38.0 Å². The summed E-state index contributed by atoms with van der Waals surface area (Å²) in [6.45, 7) is 11.6. The van der Waals surface area contributed by atoms with E-state index < -0.39 is 31.4 Å². The van der Waals surface area contributed by atoms with Gasteiger partial charge < -0.3 is 4.52 Å². The standard InChI is InChI=1S/C25H31F2N2O6P/c1-8-15-12-29(23(31)28-22(15)30)10-9-16(34-27)13-32-36-33-14-17-20(26)18(24(2,3)4)11-19(21(17)35-36)25(5,6)7/h1,11-12,16H,9-10,13-14H2,2-7H3,(H,28,30,31). The summed E-state index contributed by atoms with van der Waals surface area (Å²) in [5, 5.41) is 0. The van der Waals surface area contributed by atoms with Crippen LogP contribution in [-0.4, -0.2) is 22.3 Å². The molecule has 0 bridgehead atoms. The zero-order chi connectivity index (χ0) is 26.8. The highest BCUT2D eigenvalue weighted by atomic mass is 31.2. The third-order valence-electron chi connectivity index (χ3n) is 5.76. The number of aryl methyl sites for hydroxylation is 1. The lowest BCUT2D eigenvalue weighted by Crippen LogP contribution is -2.32. The lowest BCUT2D eigenvalue weighted by atomic mass is 9.78. The Hall–Kier alpha value is -2.57. The predicted octanol–water partition coefficient (Wildman–Crippen LogP) is 4.76. The monoisotopic (exact) mass is 524 g/mol. The van der Waals surface area contributed by atoms with E-state index in [1.54, 1.807) is 0 Å². The number of hydrogen-bond donors (Lipinski definition) is 1. The van der Waals surface area contributed by atoms with Crippen LogP contribution in [0.5, 0.6) is 5.75 Å². The summed E-state index contributed by atoms with van der Waals surface area (Å²) < 4.78 is 46.9. The number of nitrogens with one attached hydrogen (secondary N) is 1. The van der Waals surface area contributed by atoms with Gasteiger partial charge in [0.1, 0.15) is 23.2 Å². The summed E-state index contributed by atoms with van der Waals surface area (Å²) in [5.74, 6) is 2.19. The number of hydrogen-bond acceptors (Lipinski definition) is 6. The Bertz CT molecular complexity index is 1270. The van der Waals surface area contributed by atoms with Crippen molar-refractivity contribution in [2.75, 3.05) is 6.61 Å². The van der Waals surface area contributed by atoms with Gasteiger partial charge in [0.05, 0.1) is 18.8 Å². The van der Waals surface area contributed by atoms with Crippen LogP contribution in [0.15, 0.2) is 21.9 Å². The minimum Gasteiger partial charge on any atom is -0.426 e. The van der Waals surface area contributed by atoms with Gasteiger partial charge in [0.15, 0.2) is 0 Å². The van der Waals surface area contributed by atoms with Crippen molar-refractivity contribution in [2.45, 2.75) is 78.0 Å². The Morgan fingerprint density at radius 2 is 1.89 bits per heavy atom. The molecule has 196 valence electrons. The maximum absolute atomic E-state index is 15.4. The molecule has 1 N–H and O–H groups in total. The fourth-order valence-corrected chi connectivity index (χ4v) is 4.73. The van der Waals surface area contributed by atoms with Crippen LogP contribution in [0, 0.1) is 18.2 Å². The molecule has 8 nitrogen and oxygen atoms in total. The van der Waals surface area contributed by atoms with Crippen LogP contribution in [0.25, 0.3) is 0 Å². The number of H-pyrrole nitrogens is 1. The molecule has 0 saturated heterocycles. The fourth-order valence-electron chi connectivity index (χ4n) is 3.67. The normalized spacial score (nSPS) is 16.7. The molecule has 0 spiro atoms. The molecule has 2 heterocycles. The zero-order valence-electron chi connectivity index (χ0n) is 21.2. The van der Waals surface area contributed by atoms with Crippen molar-refractivity contribution >= 4 is 8.60 Å². The molecule has 1 aromatic heterocycles. The maximum Gasteiger partial charge on any atom is 0.397 e. The minimum absolute atomic E-state index is 0.0136. The van der Waals surface area contributed by atoms with Crippen molar-refractivity contribution in [2.24, 2.45) is 0 Å². The maximum atomic E-state index is 15.4. The number of aromatic amines is 1. The van der Waals surface area contributed by atoms with Gasteiger partial charge in [-0.05, 0) is 33.4 Å². The molecule has 1 aromatic carbocycles. The number of rotatable bonds is 7. The lowest BCUT2D eigenvalue weighted by molar-refractivity contribution is -0.190. The van der Waals surface area contributed by atoms with Crippen molar-refractivity contribution in [3.63, 3.8) is 0 Å². The minimum atomic E-state index is -1.95. The number of fused-ring (bicyclic) bond motifs is 1. The highest BCUT2D eigenvalue weighted by molar-refractivity contribution is 7.42. The Labute approximate surface area is 209 Å². The molecule has 36 heavy (non-hydrogen) atoms. The summed E-state index contributed by atoms with van der Waals surface area (Å²) in [6, 6.07) is 1.83. The summed E-state index contributed by atoms with van der Waals surface area (Å²) in [6.07, 6.45) is 5.45. The second-order valence-electron chi connectivity index (χ2n) is 10.6. The van der Waals surface area contributed by atoms with E-state index in [1.807, 2.05) is 47.6 Å². The van der Waals surface area contributed by atoms with Gasteiger partial charge in [0.25, 0.3) is 5.56 Å². The second kappa shape index (κ2) is 10.8. The summed E-state index contributed by atoms with van der Waals surface area (Å²) in [7, 11) is -1.95. The molecule has 2 aromatic rings. The average molecular weight is 525 g/mol. The molecular formula is C25H31F2N2O6P. The van der Waals surface area contributed by atoms with Crippen molar-refractivity contribution in [1.82, 2.24) is 9.55 Å². The molecule has 2 atom stereocenters. The second-order valence-corrected chi connectivity index (χ2v) is 11.8. The molecule has 11 heteroatoms. The van der Waals surface area contributed by atoms with E-state index in [-0.39, 0.29) is 43.0 Å². The van der Waals surface area contributed by atoms with Crippen LogP contribution in [0.3, 0.4) is 0 Å². The van der Waals surface area contributed by atoms with E-state index in [2.05, 4.69) is 15.8 Å². The van der Waals surface area contributed by atoms with E-state index in [9.17, 15) is 14.1 Å². The van der Waals surface area contributed by atoms with Gasteiger partial charge in [-0.3, -0.25) is 23.4 Å². The van der Waals surface area contributed by atoms with Crippen LogP contribution in [0.2, 0.25) is 0 Å². The number of nitrogens with zero attached hydrogens (tertiary/aromatic N) is 1. The van der Waals surface area contributed by atoms with Crippen LogP contribution >= 0.6 is 8.60 Å². The van der Waals surface area contributed by atoms with Crippen LogP contribution in [0.4, 0.5) is 8.92 Å². The average Bonchev–Trinajstić information content (AvgIpc) is 2.78. The number of aromatic nitrogens is 2. The highest BCUT2D eigenvalue weighted by Crippen LogP contribution is 2.52. The van der Waals surface area contributed by atoms with Crippen molar-refractivity contribution in [1.29, 1.82) is 0 Å². The van der Waals surface area contributed by atoms with Gasteiger partial charge in [-0.15, -0.1) is 6.42 Å². The first-order valence-corrected chi connectivity index (χ1v) is 12.5. The first kappa shape index (κ1) is 28.0. The summed E-state index contributed by atoms with van der Waals surface area (Å²) >= 11 is 0. The third-order valence-corrected chi connectivity index (χ3v) is 6.79. The van der Waals surface area contributed by atoms with Gasteiger partial charge >= 0.3 is 14.3 Å². The largest absolute Gasteiger partial charge is 0.426 e. The van der Waals surface area contributed by atoms with E-state index in [0.717, 1.165) is 10.1 Å². The first-order valence-electron chi connectivity index (χ1n) is 11.4. The molecular weight excluding hydrogens is 493 g/mol. The first-order chi connectivity index (χ1) is 16.8. The van der Waals surface area contributed by atoms with Crippen molar-refractivity contribution in [3.8, 4) is 18.1 Å². The zero-order valence-corrected chi connectivity index (χ0v) is 22.1. The quantitative estimate of drug-likeness (QED) is 0.415. The Morgan fingerprint density at radius 1 is 1.22 bits per heavy atom. The van der Waals surface area contributed by atoms with Gasteiger partial charge in [-0.25, -0.2) is 9.18 Å². The molecule has 3 rings (SSSR count).